The normalized spacial score (nSPS) is 15.8. The highest BCUT2D eigenvalue weighted by Crippen LogP contribution is 2.26. The van der Waals surface area contributed by atoms with Crippen molar-refractivity contribution in [3.8, 4) is 0 Å². The number of nitrogens with zero attached hydrogens (tertiary/aromatic N) is 1. The van der Waals surface area contributed by atoms with Gasteiger partial charge in [-0.15, -0.1) is 0 Å². The SMILES string of the molecule is Cc1ccc(NC2COC2)c([N+](=O)[O-])c1. The molecule has 0 aliphatic carbocycles. The van der Waals surface area contributed by atoms with E-state index in [1.807, 2.05) is 13.0 Å². The van der Waals surface area contributed by atoms with Gasteiger partial charge in [-0.05, 0) is 18.6 Å². The number of aryl methyl sites for hydroxylation is 1. The number of rotatable bonds is 3. The molecule has 80 valence electrons. The minimum absolute atomic E-state index is 0.127. The van der Waals surface area contributed by atoms with Crippen LogP contribution in [0.5, 0.6) is 0 Å². The van der Waals surface area contributed by atoms with E-state index in [1.54, 1.807) is 12.1 Å². The predicted octanol–water partition coefficient (Wildman–Crippen LogP) is 1.71. The molecule has 1 aliphatic heterocycles. The number of nitrogens with one attached hydrogen (secondary N) is 1. The fraction of sp³-hybridized carbons (Fsp3) is 0.400. The van der Waals surface area contributed by atoms with Crippen molar-refractivity contribution in [2.24, 2.45) is 0 Å². The van der Waals surface area contributed by atoms with Crippen LogP contribution in [0.1, 0.15) is 5.56 Å². The van der Waals surface area contributed by atoms with Crippen molar-refractivity contribution in [2.45, 2.75) is 13.0 Å². The second-order valence-corrected chi connectivity index (χ2v) is 3.66. The summed E-state index contributed by atoms with van der Waals surface area (Å²) in [6.07, 6.45) is 0. The molecule has 0 bridgehead atoms. The van der Waals surface area contributed by atoms with Gasteiger partial charge in [0.25, 0.3) is 5.69 Å². The van der Waals surface area contributed by atoms with Crippen molar-refractivity contribution in [1.29, 1.82) is 0 Å². The Balaban J connectivity index is 2.23. The zero-order valence-corrected chi connectivity index (χ0v) is 8.40. The van der Waals surface area contributed by atoms with Crippen molar-refractivity contribution < 1.29 is 9.66 Å². The van der Waals surface area contributed by atoms with Crippen molar-refractivity contribution in [3.05, 3.63) is 33.9 Å². The summed E-state index contributed by atoms with van der Waals surface area (Å²) in [5.41, 5.74) is 1.58. The number of nitro benzene ring substituents is 1. The van der Waals surface area contributed by atoms with Gasteiger partial charge in [-0.1, -0.05) is 6.07 Å². The smallest absolute Gasteiger partial charge is 0.292 e. The topological polar surface area (TPSA) is 64.4 Å². The molecule has 0 radical (unpaired) electrons. The highest BCUT2D eigenvalue weighted by molar-refractivity contribution is 5.63. The maximum atomic E-state index is 10.8. The van der Waals surface area contributed by atoms with E-state index in [4.69, 9.17) is 4.74 Å². The molecule has 1 aliphatic rings. The van der Waals surface area contributed by atoms with Crippen LogP contribution in [-0.4, -0.2) is 24.2 Å². The Morgan fingerprint density at radius 1 is 1.53 bits per heavy atom. The third-order valence-electron chi connectivity index (χ3n) is 2.35. The molecule has 0 saturated carbocycles. The molecule has 0 unspecified atom stereocenters. The molecule has 2 rings (SSSR count). The van der Waals surface area contributed by atoms with Gasteiger partial charge in [0, 0.05) is 6.07 Å². The van der Waals surface area contributed by atoms with Crippen LogP contribution in [0.15, 0.2) is 18.2 Å². The van der Waals surface area contributed by atoms with E-state index in [-0.39, 0.29) is 16.7 Å². The molecule has 0 amide bonds. The van der Waals surface area contributed by atoms with Crippen molar-refractivity contribution in [2.75, 3.05) is 18.5 Å². The molecular weight excluding hydrogens is 196 g/mol. The van der Waals surface area contributed by atoms with Gasteiger partial charge in [0.05, 0.1) is 24.2 Å². The third-order valence-corrected chi connectivity index (χ3v) is 2.35. The zero-order chi connectivity index (χ0) is 10.8. The van der Waals surface area contributed by atoms with Crippen molar-refractivity contribution >= 4 is 11.4 Å². The Labute approximate surface area is 87.2 Å². The van der Waals surface area contributed by atoms with Gasteiger partial charge in [0.2, 0.25) is 0 Å². The number of ether oxygens (including phenoxy) is 1. The average molecular weight is 208 g/mol. The fourth-order valence-electron chi connectivity index (χ4n) is 1.45. The van der Waals surface area contributed by atoms with E-state index in [9.17, 15) is 10.1 Å². The second-order valence-electron chi connectivity index (χ2n) is 3.66. The summed E-state index contributed by atoms with van der Waals surface area (Å²) in [6.45, 7) is 3.07. The van der Waals surface area contributed by atoms with Crippen LogP contribution in [0, 0.1) is 17.0 Å². The quantitative estimate of drug-likeness (QED) is 0.606. The molecule has 15 heavy (non-hydrogen) atoms. The Morgan fingerprint density at radius 3 is 2.80 bits per heavy atom. The fourth-order valence-corrected chi connectivity index (χ4v) is 1.45. The van der Waals surface area contributed by atoms with E-state index in [0.29, 0.717) is 18.9 Å². The summed E-state index contributed by atoms with van der Waals surface area (Å²) >= 11 is 0. The minimum Gasteiger partial charge on any atom is -0.377 e. The number of hydrogen-bond donors (Lipinski definition) is 1. The summed E-state index contributed by atoms with van der Waals surface area (Å²) < 4.78 is 5.00. The summed E-state index contributed by atoms with van der Waals surface area (Å²) in [5.74, 6) is 0. The Hall–Kier alpha value is -1.62. The summed E-state index contributed by atoms with van der Waals surface area (Å²) in [5, 5.41) is 13.9. The van der Waals surface area contributed by atoms with Crippen LogP contribution >= 0.6 is 0 Å². The minimum atomic E-state index is -0.366. The molecule has 1 saturated heterocycles. The highest BCUT2D eigenvalue weighted by atomic mass is 16.6. The molecule has 0 aromatic heterocycles. The lowest BCUT2D eigenvalue weighted by molar-refractivity contribution is -0.384. The average Bonchev–Trinajstić information content (AvgIpc) is 2.12. The van der Waals surface area contributed by atoms with E-state index in [2.05, 4.69) is 5.32 Å². The first-order chi connectivity index (χ1) is 7.16. The molecule has 5 nitrogen and oxygen atoms in total. The Kier molecular flexibility index (Phi) is 2.55. The maximum absolute atomic E-state index is 10.8. The largest absolute Gasteiger partial charge is 0.377 e. The first kappa shape index (κ1) is 9.92. The Bertz CT molecular complexity index is 388. The second kappa shape index (κ2) is 3.86. The summed E-state index contributed by atoms with van der Waals surface area (Å²) in [4.78, 5) is 10.4. The van der Waals surface area contributed by atoms with Crippen molar-refractivity contribution in [1.82, 2.24) is 0 Å². The van der Waals surface area contributed by atoms with E-state index >= 15 is 0 Å². The zero-order valence-electron chi connectivity index (χ0n) is 8.40. The molecule has 1 N–H and O–H groups in total. The Morgan fingerprint density at radius 2 is 2.27 bits per heavy atom. The highest BCUT2D eigenvalue weighted by Gasteiger charge is 2.22. The van der Waals surface area contributed by atoms with Gasteiger partial charge in [-0.2, -0.15) is 0 Å². The van der Waals surface area contributed by atoms with Gasteiger partial charge >= 0.3 is 0 Å². The number of benzene rings is 1. The lowest BCUT2D eigenvalue weighted by Gasteiger charge is -2.27. The molecule has 1 fully saturated rings. The van der Waals surface area contributed by atoms with Gasteiger partial charge < -0.3 is 10.1 Å². The van der Waals surface area contributed by atoms with Crippen LogP contribution < -0.4 is 5.32 Å². The van der Waals surface area contributed by atoms with E-state index in [1.165, 1.54) is 0 Å². The molecule has 1 aromatic carbocycles. The first-order valence-corrected chi connectivity index (χ1v) is 4.76. The first-order valence-electron chi connectivity index (χ1n) is 4.76. The van der Waals surface area contributed by atoms with Crippen LogP contribution in [0.25, 0.3) is 0 Å². The molecule has 0 spiro atoms. The lowest BCUT2D eigenvalue weighted by atomic mass is 10.1. The summed E-state index contributed by atoms with van der Waals surface area (Å²) in [7, 11) is 0. The molecule has 1 aromatic rings. The third kappa shape index (κ3) is 2.07. The number of hydrogen-bond acceptors (Lipinski definition) is 4. The molecule has 0 atom stereocenters. The van der Waals surface area contributed by atoms with Gasteiger partial charge in [-0.25, -0.2) is 0 Å². The number of nitro groups is 1. The van der Waals surface area contributed by atoms with Gasteiger partial charge in [0.1, 0.15) is 5.69 Å². The maximum Gasteiger partial charge on any atom is 0.292 e. The van der Waals surface area contributed by atoms with E-state index in [0.717, 1.165) is 5.56 Å². The molecule has 1 heterocycles. The molecule has 5 heteroatoms. The monoisotopic (exact) mass is 208 g/mol. The van der Waals surface area contributed by atoms with Crippen molar-refractivity contribution in [3.63, 3.8) is 0 Å². The number of anilines is 1. The molecular formula is C10H12N2O3. The van der Waals surface area contributed by atoms with Crippen LogP contribution in [0.3, 0.4) is 0 Å². The lowest BCUT2D eigenvalue weighted by Crippen LogP contribution is -2.40. The van der Waals surface area contributed by atoms with Gasteiger partial charge in [-0.3, -0.25) is 10.1 Å². The van der Waals surface area contributed by atoms with Gasteiger partial charge in [0.15, 0.2) is 0 Å². The van der Waals surface area contributed by atoms with Crippen LogP contribution in [-0.2, 0) is 4.74 Å². The summed E-state index contributed by atoms with van der Waals surface area (Å²) in [6, 6.07) is 5.37. The van der Waals surface area contributed by atoms with Crippen LogP contribution in [0.2, 0.25) is 0 Å². The van der Waals surface area contributed by atoms with Crippen LogP contribution in [0.4, 0.5) is 11.4 Å². The van der Waals surface area contributed by atoms with E-state index < -0.39 is 0 Å². The predicted molar refractivity (Wildman–Crippen MR) is 56.1 cm³/mol. The standard InChI is InChI=1S/C10H12N2O3/c1-7-2-3-9(10(4-7)12(13)14)11-8-5-15-6-8/h2-4,8,11H,5-6H2,1H3.